The quantitative estimate of drug-likeness (QED) is 0.0905. The second-order valence-electron chi connectivity index (χ2n) is 12.4. The highest BCUT2D eigenvalue weighted by Crippen LogP contribution is 2.12. The molecule has 0 radical (unpaired) electrons. The molecule has 0 atom stereocenters. The highest BCUT2D eigenvalue weighted by molar-refractivity contribution is 5.76. The molecule has 230 valence electrons. The van der Waals surface area contributed by atoms with Gasteiger partial charge in [0.05, 0.1) is 13.1 Å². The van der Waals surface area contributed by atoms with Crippen molar-refractivity contribution < 1.29 is 23.9 Å². The summed E-state index contributed by atoms with van der Waals surface area (Å²) in [6.45, 7) is 15.8. The van der Waals surface area contributed by atoms with Crippen molar-refractivity contribution in [1.82, 2.24) is 9.80 Å². The maximum atomic E-state index is 12.9. The molecule has 7 heteroatoms. The average Bonchev–Trinajstić information content (AvgIpc) is 2.85. The molecule has 0 saturated carbocycles. The molecule has 0 heterocycles. The molecule has 0 spiro atoms. The van der Waals surface area contributed by atoms with E-state index in [4.69, 9.17) is 9.47 Å². The Bertz CT molecular complexity index is 598. The van der Waals surface area contributed by atoms with Crippen molar-refractivity contribution in [2.45, 2.75) is 125 Å². The zero-order valence-electron chi connectivity index (χ0n) is 26.6. The summed E-state index contributed by atoms with van der Waals surface area (Å²) in [7, 11) is 2.02. The van der Waals surface area contributed by atoms with Crippen LogP contribution in [0.15, 0.2) is 0 Å². The third-order valence-corrected chi connectivity index (χ3v) is 6.81. The molecule has 39 heavy (non-hydrogen) atoms. The highest BCUT2D eigenvalue weighted by atomic mass is 16.5. The van der Waals surface area contributed by atoms with Gasteiger partial charge in [0.15, 0.2) is 0 Å². The number of carbonyl (C=O) groups excluding carboxylic acids is 3. The van der Waals surface area contributed by atoms with Crippen molar-refractivity contribution >= 4 is 17.8 Å². The Labute approximate surface area is 240 Å². The molecule has 0 fully saturated rings. The van der Waals surface area contributed by atoms with Crippen molar-refractivity contribution in [2.75, 3.05) is 46.4 Å². The zero-order chi connectivity index (χ0) is 29.5. The Morgan fingerprint density at radius 1 is 0.564 bits per heavy atom. The second kappa shape index (κ2) is 24.2. The van der Waals surface area contributed by atoms with Gasteiger partial charge in [0.2, 0.25) is 5.91 Å². The van der Waals surface area contributed by atoms with Crippen LogP contribution in [0.4, 0.5) is 0 Å². The fourth-order valence-electron chi connectivity index (χ4n) is 4.56. The summed E-state index contributed by atoms with van der Waals surface area (Å²) in [4.78, 5) is 41.1. The molecular weight excluding hydrogens is 492 g/mol. The highest BCUT2D eigenvalue weighted by Gasteiger charge is 2.16. The van der Waals surface area contributed by atoms with Gasteiger partial charge in [-0.15, -0.1) is 0 Å². The lowest BCUT2D eigenvalue weighted by atomic mass is 10.0. The van der Waals surface area contributed by atoms with E-state index in [9.17, 15) is 14.4 Å². The van der Waals surface area contributed by atoms with E-state index in [1.165, 1.54) is 25.7 Å². The summed E-state index contributed by atoms with van der Waals surface area (Å²) >= 11 is 0. The summed E-state index contributed by atoms with van der Waals surface area (Å²) in [5.41, 5.74) is 0. The van der Waals surface area contributed by atoms with Crippen LogP contribution in [0.2, 0.25) is 0 Å². The number of amides is 1. The molecule has 0 aliphatic rings. The standard InChI is InChI=1S/C32H62N2O5/c1-27(2)16-12-8-10-14-18-31(36)38-24-22-34(30(35)20-21-33(7)26-29(5)6)23-25-39-32(37)19-15-11-9-13-17-28(3)4/h27-29H,8-26H2,1-7H3. The molecule has 0 aromatic rings. The van der Waals surface area contributed by atoms with E-state index in [-0.39, 0.29) is 31.1 Å². The Kier molecular flexibility index (Phi) is 23.2. The minimum atomic E-state index is -0.206. The van der Waals surface area contributed by atoms with E-state index in [1.54, 1.807) is 4.90 Å². The van der Waals surface area contributed by atoms with E-state index < -0.39 is 0 Å². The summed E-state index contributed by atoms with van der Waals surface area (Å²) < 4.78 is 10.8. The number of rotatable bonds is 25. The van der Waals surface area contributed by atoms with Gasteiger partial charge in [-0.1, -0.05) is 92.9 Å². The molecule has 0 unspecified atom stereocenters. The van der Waals surface area contributed by atoms with Gasteiger partial charge in [0, 0.05) is 32.4 Å². The van der Waals surface area contributed by atoms with Crippen LogP contribution in [0.3, 0.4) is 0 Å². The maximum absolute atomic E-state index is 12.9. The number of hydrogen-bond acceptors (Lipinski definition) is 6. The van der Waals surface area contributed by atoms with Crippen LogP contribution in [-0.2, 0) is 23.9 Å². The van der Waals surface area contributed by atoms with Gasteiger partial charge in [0.1, 0.15) is 13.2 Å². The number of unbranched alkanes of at least 4 members (excludes halogenated alkanes) is 6. The zero-order valence-corrected chi connectivity index (χ0v) is 26.6. The van der Waals surface area contributed by atoms with Crippen LogP contribution in [0, 0.1) is 17.8 Å². The van der Waals surface area contributed by atoms with Gasteiger partial charge in [-0.25, -0.2) is 0 Å². The first-order valence-corrected chi connectivity index (χ1v) is 15.8. The number of nitrogens with zero attached hydrogens (tertiary/aromatic N) is 2. The Morgan fingerprint density at radius 3 is 1.41 bits per heavy atom. The molecule has 0 N–H and O–H groups in total. The third kappa shape index (κ3) is 25.1. The van der Waals surface area contributed by atoms with E-state index in [2.05, 4.69) is 46.4 Å². The Morgan fingerprint density at radius 2 is 1.00 bits per heavy atom. The van der Waals surface area contributed by atoms with Crippen molar-refractivity contribution in [3.63, 3.8) is 0 Å². The number of carbonyl (C=O) groups is 3. The van der Waals surface area contributed by atoms with Crippen molar-refractivity contribution in [2.24, 2.45) is 17.8 Å². The van der Waals surface area contributed by atoms with Gasteiger partial charge < -0.3 is 19.3 Å². The van der Waals surface area contributed by atoms with Gasteiger partial charge >= 0.3 is 11.9 Å². The third-order valence-electron chi connectivity index (χ3n) is 6.81. The predicted octanol–water partition coefficient (Wildman–Crippen LogP) is 6.87. The van der Waals surface area contributed by atoms with Crippen LogP contribution in [-0.4, -0.2) is 74.1 Å². The van der Waals surface area contributed by atoms with E-state index in [1.807, 2.05) is 7.05 Å². The molecule has 0 saturated heterocycles. The molecule has 1 amide bonds. The fraction of sp³-hybridized carbons (Fsp3) is 0.906. The van der Waals surface area contributed by atoms with E-state index in [0.29, 0.717) is 44.8 Å². The number of esters is 2. The van der Waals surface area contributed by atoms with E-state index in [0.717, 1.165) is 56.9 Å². The summed E-state index contributed by atoms with van der Waals surface area (Å²) in [6.07, 6.45) is 12.2. The first-order chi connectivity index (χ1) is 18.5. The molecular formula is C32H62N2O5. The van der Waals surface area contributed by atoms with Crippen LogP contribution >= 0.6 is 0 Å². The molecule has 7 nitrogen and oxygen atoms in total. The summed E-state index contributed by atoms with van der Waals surface area (Å²) in [5.74, 6) is 1.57. The number of ether oxygens (including phenoxy) is 2. The molecule has 0 bridgehead atoms. The lowest BCUT2D eigenvalue weighted by molar-refractivity contribution is -0.147. The Balaban J connectivity index is 4.43. The normalized spacial score (nSPS) is 11.6. The van der Waals surface area contributed by atoms with Gasteiger partial charge in [0.25, 0.3) is 0 Å². The summed E-state index contributed by atoms with van der Waals surface area (Å²) in [5, 5.41) is 0. The second-order valence-corrected chi connectivity index (χ2v) is 12.4. The topological polar surface area (TPSA) is 76.1 Å². The molecule has 0 aliphatic carbocycles. The molecule has 0 aliphatic heterocycles. The van der Waals surface area contributed by atoms with E-state index >= 15 is 0 Å². The SMILES string of the molecule is CC(C)CCCCCCC(=O)OCCN(CCOC(=O)CCCCCCC(C)C)C(=O)CCN(C)CC(C)C. The van der Waals surface area contributed by atoms with Crippen molar-refractivity contribution in [3.8, 4) is 0 Å². The van der Waals surface area contributed by atoms with Crippen molar-refractivity contribution in [1.29, 1.82) is 0 Å². The first kappa shape index (κ1) is 37.4. The number of hydrogen-bond donors (Lipinski definition) is 0. The monoisotopic (exact) mass is 554 g/mol. The van der Waals surface area contributed by atoms with Crippen LogP contribution < -0.4 is 0 Å². The molecule has 0 aromatic carbocycles. The first-order valence-electron chi connectivity index (χ1n) is 15.8. The largest absolute Gasteiger partial charge is 0.464 e. The van der Waals surface area contributed by atoms with Gasteiger partial charge in [-0.05, 0) is 37.6 Å². The van der Waals surface area contributed by atoms with Gasteiger partial charge in [-0.2, -0.15) is 0 Å². The van der Waals surface area contributed by atoms with Crippen LogP contribution in [0.5, 0.6) is 0 Å². The predicted molar refractivity (Wildman–Crippen MR) is 161 cm³/mol. The summed E-state index contributed by atoms with van der Waals surface area (Å²) in [6, 6.07) is 0. The smallest absolute Gasteiger partial charge is 0.305 e. The average molecular weight is 555 g/mol. The minimum Gasteiger partial charge on any atom is -0.464 e. The molecule has 0 rings (SSSR count). The minimum absolute atomic E-state index is 0.00647. The lowest BCUT2D eigenvalue weighted by Gasteiger charge is -2.24. The maximum Gasteiger partial charge on any atom is 0.305 e. The van der Waals surface area contributed by atoms with Crippen LogP contribution in [0.25, 0.3) is 0 Å². The molecule has 0 aromatic heterocycles. The lowest BCUT2D eigenvalue weighted by Crippen LogP contribution is -2.39. The van der Waals surface area contributed by atoms with Gasteiger partial charge in [-0.3, -0.25) is 14.4 Å². The van der Waals surface area contributed by atoms with Crippen LogP contribution in [0.1, 0.15) is 125 Å². The Hall–Kier alpha value is -1.63. The fourth-order valence-corrected chi connectivity index (χ4v) is 4.56. The van der Waals surface area contributed by atoms with Crippen molar-refractivity contribution in [3.05, 3.63) is 0 Å².